The molecule has 0 aliphatic carbocycles. The van der Waals surface area contributed by atoms with E-state index in [-0.39, 0.29) is 40.7 Å². The fourth-order valence-corrected chi connectivity index (χ4v) is 3.96. The summed E-state index contributed by atoms with van der Waals surface area (Å²) in [6, 6.07) is 4.63. The first-order valence-corrected chi connectivity index (χ1v) is 11.1. The molecule has 0 radical (unpaired) electrons. The highest BCUT2D eigenvalue weighted by molar-refractivity contribution is 6.30. The van der Waals surface area contributed by atoms with E-state index in [1.807, 2.05) is 0 Å². The molecule has 200 valence electrons. The third kappa shape index (κ3) is 6.60. The van der Waals surface area contributed by atoms with E-state index in [4.69, 9.17) is 22.1 Å². The van der Waals surface area contributed by atoms with Gasteiger partial charge in [-0.15, -0.1) is 0 Å². The quantitative estimate of drug-likeness (QED) is 0.205. The van der Waals surface area contributed by atoms with Gasteiger partial charge >= 0.3 is 6.61 Å². The van der Waals surface area contributed by atoms with E-state index >= 15 is 0 Å². The number of amidine groups is 1. The Kier molecular flexibility index (Phi) is 9.16. The van der Waals surface area contributed by atoms with Crippen LogP contribution in [0.4, 0.5) is 17.6 Å². The zero-order valence-electron chi connectivity index (χ0n) is 19.6. The molecule has 0 bridgehead atoms. The lowest BCUT2D eigenvalue weighted by atomic mass is 9.98. The fourth-order valence-electron chi connectivity index (χ4n) is 3.72. The minimum atomic E-state index is -3.10. The molecule has 1 heterocycles. The number of oxime groups is 1. The predicted octanol–water partition coefficient (Wildman–Crippen LogP) is 3.09. The Morgan fingerprint density at radius 2 is 1.86 bits per heavy atom. The van der Waals surface area contributed by atoms with Crippen LogP contribution in [0.3, 0.4) is 0 Å². The van der Waals surface area contributed by atoms with E-state index in [2.05, 4.69) is 20.0 Å². The lowest BCUT2D eigenvalue weighted by Crippen LogP contribution is -2.59. The van der Waals surface area contributed by atoms with Crippen LogP contribution in [0.25, 0.3) is 0 Å². The van der Waals surface area contributed by atoms with E-state index in [0.717, 1.165) is 18.2 Å². The highest BCUT2D eigenvalue weighted by Crippen LogP contribution is 2.31. The molecule has 9 nitrogen and oxygen atoms in total. The van der Waals surface area contributed by atoms with Crippen molar-refractivity contribution in [1.82, 2.24) is 10.2 Å². The molecular weight excluding hydrogens is 524 g/mol. The number of benzene rings is 2. The number of carbonyl (C=O) groups excluding carboxylic acids is 2. The third-order valence-corrected chi connectivity index (χ3v) is 5.77. The minimum absolute atomic E-state index is 0.0335. The summed E-state index contributed by atoms with van der Waals surface area (Å²) >= 11 is 5.96. The number of alkyl halides is 2. The van der Waals surface area contributed by atoms with Gasteiger partial charge in [0.05, 0.1) is 0 Å². The summed E-state index contributed by atoms with van der Waals surface area (Å²) in [6.45, 7) is -3.39. The van der Waals surface area contributed by atoms with Gasteiger partial charge < -0.3 is 30.3 Å². The summed E-state index contributed by atoms with van der Waals surface area (Å²) in [6.07, 6.45) is -0.979. The largest absolute Gasteiger partial charge is 0.435 e. The summed E-state index contributed by atoms with van der Waals surface area (Å²) in [5.41, 5.74) is 5.25. The van der Waals surface area contributed by atoms with Crippen molar-refractivity contribution in [2.45, 2.75) is 31.7 Å². The first kappa shape index (κ1) is 28.0. The summed E-state index contributed by atoms with van der Waals surface area (Å²) in [5, 5.41) is 5.86. The number of likely N-dealkylation sites (tertiary alicyclic amines) is 1. The molecule has 3 N–H and O–H groups in total. The van der Waals surface area contributed by atoms with Gasteiger partial charge in [-0.2, -0.15) is 8.78 Å². The molecule has 14 heteroatoms. The van der Waals surface area contributed by atoms with Crippen molar-refractivity contribution < 1.29 is 41.5 Å². The van der Waals surface area contributed by atoms with Crippen molar-refractivity contribution in [2.75, 3.05) is 20.8 Å². The van der Waals surface area contributed by atoms with Gasteiger partial charge in [0.25, 0.3) is 5.91 Å². The Bertz CT molecular complexity index is 1180. The predicted molar refractivity (Wildman–Crippen MR) is 124 cm³/mol. The maximum Gasteiger partial charge on any atom is 0.387 e. The highest BCUT2D eigenvalue weighted by atomic mass is 35.5. The van der Waals surface area contributed by atoms with Crippen molar-refractivity contribution in [1.29, 1.82) is 0 Å². The van der Waals surface area contributed by atoms with Crippen molar-refractivity contribution >= 4 is 29.3 Å². The Balaban J connectivity index is 1.69. The monoisotopic (exact) mass is 546 g/mol. The number of methoxy groups -OCH3 is 1. The number of nitrogens with zero attached hydrogens (tertiary/aromatic N) is 2. The second-order valence-electron chi connectivity index (χ2n) is 7.85. The lowest BCUT2D eigenvalue weighted by molar-refractivity contribution is -0.156. The molecule has 0 aromatic heterocycles. The second-order valence-corrected chi connectivity index (χ2v) is 8.28. The van der Waals surface area contributed by atoms with Gasteiger partial charge in [0.15, 0.2) is 11.9 Å². The standard InChI is InChI=1S/C23H23ClF4N4O5/c1-35-19(11-5-13(24)9-14(6-11)37-23(27)28)22(34)32-4-3-18(32)21(33)30-10-15-16(25)7-12(8-17(15)26)20(29)31-36-2/h5-9,18-19,23H,3-4,10H2,1-2H3,(H2,29,31)(H,30,33)/t18-,19+/m0/s1. The minimum Gasteiger partial charge on any atom is -0.435 e. The van der Waals surface area contributed by atoms with Crippen LogP contribution in [0.15, 0.2) is 35.5 Å². The Morgan fingerprint density at radius 1 is 1.19 bits per heavy atom. The molecule has 1 aliphatic heterocycles. The van der Waals surface area contributed by atoms with E-state index in [1.165, 1.54) is 31.3 Å². The Morgan fingerprint density at radius 3 is 2.41 bits per heavy atom. The maximum absolute atomic E-state index is 14.5. The van der Waals surface area contributed by atoms with Gasteiger partial charge in [-0.3, -0.25) is 9.59 Å². The third-order valence-electron chi connectivity index (χ3n) is 5.55. The van der Waals surface area contributed by atoms with Crippen molar-refractivity contribution in [3.8, 4) is 5.75 Å². The van der Waals surface area contributed by atoms with Gasteiger partial charge in [-0.05, 0) is 42.3 Å². The average Bonchev–Trinajstić information content (AvgIpc) is 2.77. The average molecular weight is 547 g/mol. The number of hydrogen-bond acceptors (Lipinski definition) is 6. The first-order valence-electron chi connectivity index (χ1n) is 10.8. The normalized spacial score (nSPS) is 16.3. The van der Waals surface area contributed by atoms with Crippen LogP contribution in [-0.4, -0.2) is 56.0 Å². The number of halogens is 5. The van der Waals surface area contributed by atoms with Gasteiger partial charge in [0.2, 0.25) is 5.91 Å². The number of nitrogens with two attached hydrogens (primary N) is 1. The van der Waals surface area contributed by atoms with Gasteiger partial charge in [-0.25, -0.2) is 8.78 Å². The zero-order chi connectivity index (χ0) is 27.3. The maximum atomic E-state index is 14.5. The Hall–Kier alpha value is -3.58. The SMILES string of the molecule is CO/N=C(\N)c1cc(F)c(CNC(=O)[C@@H]2CCN2C(=O)[C@H](OC)c2cc(Cl)cc(OC(F)F)c2)c(F)c1. The van der Waals surface area contributed by atoms with Gasteiger partial charge in [0.1, 0.15) is 30.5 Å². The van der Waals surface area contributed by atoms with Crippen LogP contribution < -0.4 is 15.8 Å². The molecule has 3 rings (SSSR count). The highest BCUT2D eigenvalue weighted by Gasteiger charge is 2.41. The molecule has 0 unspecified atom stereocenters. The van der Waals surface area contributed by atoms with Crippen molar-refractivity contribution in [3.63, 3.8) is 0 Å². The van der Waals surface area contributed by atoms with Crippen LogP contribution in [0.5, 0.6) is 5.75 Å². The molecule has 0 saturated carbocycles. The zero-order valence-corrected chi connectivity index (χ0v) is 20.4. The first-order chi connectivity index (χ1) is 17.5. The molecular formula is C23H23ClF4N4O5. The van der Waals surface area contributed by atoms with E-state index in [0.29, 0.717) is 0 Å². The number of rotatable bonds is 10. The van der Waals surface area contributed by atoms with Crippen molar-refractivity contribution in [2.24, 2.45) is 10.9 Å². The van der Waals surface area contributed by atoms with Crippen molar-refractivity contribution in [3.05, 3.63) is 63.7 Å². The van der Waals surface area contributed by atoms with Crippen LogP contribution >= 0.6 is 11.6 Å². The Labute approximate surface area is 214 Å². The molecule has 2 aromatic rings. The van der Waals surface area contributed by atoms with E-state index in [1.54, 1.807) is 0 Å². The molecule has 1 saturated heterocycles. The molecule has 0 spiro atoms. The number of ether oxygens (including phenoxy) is 2. The van der Waals surface area contributed by atoms with Crippen LogP contribution in [0, 0.1) is 11.6 Å². The van der Waals surface area contributed by atoms with E-state index in [9.17, 15) is 27.2 Å². The lowest BCUT2D eigenvalue weighted by Gasteiger charge is -2.41. The smallest absolute Gasteiger partial charge is 0.387 e. The number of amides is 2. The summed E-state index contributed by atoms with van der Waals surface area (Å²) in [5.74, 6) is -3.71. The second kappa shape index (κ2) is 12.1. The van der Waals surface area contributed by atoms with Crippen LogP contribution in [-0.2, 0) is 25.7 Å². The number of hydrogen-bond donors (Lipinski definition) is 2. The molecule has 37 heavy (non-hydrogen) atoms. The number of nitrogens with one attached hydrogen (secondary N) is 1. The summed E-state index contributed by atoms with van der Waals surface area (Å²) in [4.78, 5) is 31.5. The molecule has 2 atom stereocenters. The number of carbonyl (C=O) groups is 2. The van der Waals surface area contributed by atoms with E-state index < -0.39 is 54.3 Å². The molecule has 2 aromatic carbocycles. The fraction of sp³-hybridized carbons (Fsp3) is 0.348. The van der Waals surface area contributed by atoms with Gasteiger partial charge in [0, 0.05) is 36.3 Å². The topological polar surface area (TPSA) is 115 Å². The molecule has 1 fully saturated rings. The molecule has 1 aliphatic rings. The van der Waals surface area contributed by atoms with Crippen LogP contribution in [0.2, 0.25) is 5.02 Å². The molecule has 2 amide bonds. The van der Waals surface area contributed by atoms with Gasteiger partial charge in [-0.1, -0.05) is 16.8 Å². The summed E-state index contributed by atoms with van der Waals surface area (Å²) in [7, 11) is 2.45. The summed E-state index contributed by atoms with van der Waals surface area (Å²) < 4.78 is 63.7. The van der Waals surface area contributed by atoms with Crippen LogP contribution in [0.1, 0.15) is 29.2 Å².